The Hall–Kier alpha value is -1.24. The van der Waals surface area contributed by atoms with Gasteiger partial charge in [0.1, 0.15) is 0 Å². The van der Waals surface area contributed by atoms with Crippen molar-refractivity contribution < 1.29 is 4.74 Å². The summed E-state index contributed by atoms with van der Waals surface area (Å²) >= 11 is 0. The molecule has 3 heterocycles. The van der Waals surface area contributed by atoms with Gasteiger partial charge in [0.15, 0.2) is 0 Å². The van der Waals surface area contributed by atoms with Crippen LogP contribution >= 0.6 is 0 Å². The van der Waals surface area contributed by atoms with Gasteiger partial charge in [-0.25, -0.2) is 9.97 Å². The third-order valence-electron chi connectivity index (χ3n) is 4.29. The van der Waals surface area contributed by atoms with Gasteiger partial charge in [-0.3, -0.25) is 4.90 Å². The van der Waals surface area contributed by atoms with Crippen LogP contribution in [0.3, 0.4) is 0 Å². The lowest BCUT2D eigenvalue weighted by Crippen LogP contribution is -2.49. The molecule has 3 rings (SSSR count). The summed E-state index contributed by atoms with van der Waals surface area (Å²) in [5.74, 6) is 0.859. The van der Waals surface area contributed by atoms with Crippen molar-refractivity contribution in [2.75, 3.05) is 57.4 Å². The maximum atomic E-state index is 5.38. The van der Waals surface area contributed by atoms with Crippen LogP contribution in [0.2, 0.25) is 0 Å². The molecule has 2 aliphatic heterocycles. The van der Waals surface area contributed by atoms with E-state index in [2.05, 4.69) is 25.1 Å². The first kappa shape index (κ1) is 14.7. The van der Waals surface area contributed by atoms with Gasteiger partial charge in [-0.15, -0.1) is 0 Å². The highest BCUT2D eigenvalue weighted by atomic mass is 16.5. The summed E-state index contributed by atoms with van der Waals surface area (Å²) in [5, 5.41) is 3.65. The van der Waals surface area contributed by atoms with Crippen molar-refractivity contribution in [1.29, 1.82) is 0 Å². The highest BCUT2D eigenvalue weighted by molar-refractivity contribution is 5.29. The standard InChI is InChI=1S/C15H25N5O/c1-4-17-15(18-5-1)20-10-8-19(9-11-20)7-6-16-14-2-12-21-13-3-14/h1,4-5,14,16H,2-3,6-13H2. The van der Waals surface area contributed by atoms with Gasteiger partial charge in [0.25, 0.3) is 0 Å². The average molecular weight is 291 g/mol. The van der Waals surface area contributed by atoms with Crippen molar-refractivity contribution in [1.82, 2.24) is 20.2 Å². The maximum absolute atomic E-state index is 5.38. The number of ether oxygens (including phenoxy) is 1. The number of aromatic nitrogens is 2. The van der Waals surface area contributed by atoms with Crippen molar-refractivity contribution in [3.05, 3.63) is 18.5 Å². The fourth-order valence-corrected chi connectivity index (χ4v) is 2.95. The van der Waals surface area contributed by atoms with E-state index in [9.17, 15) is 0 Å². The summed E-state index contributed by atoms with van der Waals surface area (Å²) in [7, 11) is 0. The van der Waals surface area contributed by atoms with Gasteiger partial charge >= 0.3 is 0 Å². The van der Waals surface area contributed by atoms with Crippen LogP contribution in [0.15, 0.2) is 18.5 Å². The molecule has 0 bridgehead atoms. The van der Waals surface area contributed by atoms with Gasteiger partial charge in [-0.05, 0) is 18.9 Å². The van der Waals surface area contributed by atoms with E-state index in [1.807, 2.05) is 18.5 Å². The molecule has 0 spiro atoms. The Kier molecular flexibility index (Phi) is 5.37. The quantitative estimate of drug-likeness (QED) is 0.846. The smallest absolute Gasteiger partial charge is 0.225 e. The lowest BCUT2D eigenvalue weighted by molar-refractivity contribution is 0.0771. The number of nitrogens with zero attached hydrogens (tertiary/aromatic N) is 4. The molecule has 6 heteroatoms. The normalized spacial score (nSPS) is 21.6. The van der Waals surface area contributed by atoms with Crippen LogP contribution in [-0.4, -0.2) is 73.4 Å². The van der Waals surface area contributed by atoms with Crippen LogP contribution in [-0.2, 0) is 4.74 Å². The van der Waals surface area contributed by atoms with Gasteiger partial charge in [0.2, 0.25) is 5.95 Å². The fourth-order valence-electron chi connectivity index (χ4n) is 2.95. The average Bonchev–Trinajstić information content (AvgIpc) is 2.57. The van der Waals surface area contributed by atoms with E-state index in [4.69, 9.17) is 4.74 Å². The summed E-state index contributed by atoms with van der Waals surface area (Å²) in [4.78, 5) is 13.4. The van der Waals surface area contributed by atoms with Crippen molar-refractivity contribution in [2.24, 2.45) is 0 Å². The minimum absolute atomic E-state index is 0.651. The molecule has 0 saturated carbocycles. The van der Waals surface area contributed by atoms with Crippen LogP contribution in [0.4, 0.5) is 5.95 Å². The molecule has 1 aromatic rings. The van der Waals surface area contributed by atoms with E-state index in [0.29, 0.717) is 6.04 Å². The lowest BCUT2D eigenvalue weighted by Gasteiger charge is -2.35. The molecule has 1 N–H and O–H groups in total. The zero-order valence-corrected chi connectivity index (χ0v) is 12.6. The van der Waals surface area contributed by atoms with E-state index in [-0.39, 0.29) is 0 Å². The first-order chi connectivity index (χ1) is 10.4. The highest BCUT2D eigenvalue weighted by Gasteiger charge is 2.19. The van der Waals surface area contributed by atoms with E-state index in [1.54, 1.807) is 0 Å². The molecule has 2 saturated heterocycles. The molecule has 0 radical (unpaired) electrons. The number of anilines is 1. The maximum Gasteiger partial charge on any atom is 0.225 e. The summed E-state index contributed by atoms with van der Waals surface area (Å²) in [6.45, 7) is 8.23. The van der Waals surface area contributed by atoms with E-state index >= 15 is 0 Å². The molecular formula is C15H25N5O. The fraction of sp³-hybridized carbons (Fsp3) is 0.733. The predicted molar refractivity (Wildman–Crippen MR) is 82.5 cm³/mol. The van der Waals surface area contributed by atoms with Gasteiger partial charge < -0.3 is 15.0 Å². The molecule has 0 aromatic carbocycles. The minimum Gasteiger partial charge on any atom is -0.381 e. The van der Waals surface area contributed by atoms with Gasteiger partial charge in [-0.2, -0.15) is 0 Å². The molecule has 0 unspecified atom stereocenters. The molecule has 0 aliphatic carbocycles. The molecular weight excluding hydrogens is 266 g/mol. The third kappa shape index (κ3) is 4.36. The van der Waals surface area contributed by atoms with Crippen LogP contribution in [0.1, 0.15) is 12.8 Å². The Morgan fingerprint density at radius 3 is 2.52 bits per heavy atom. The zero-order chi connectivity index (χ0) is 14.3. The second-order valence-corrected chi connectivity index (χ2v) is 5.72. The first-order valence-corrected chi connectivity index (χ1v) is 7.97. The molecule has 21 heavy (non-hydrogen) atoms. The van der Waals surface area contributed by atoms with Crippen LogP contribution in [0.25, 0.3) is 0 Å². The summed E-state index contributed by atoms with van der Waals surface area (Å²) in [6.07, 6.45) is 5.93. The molecule has 6 nitrogen and oxygen atoms in total. The number of hydrogen-bond donors (Lipinski definition) is 1. The van der Waals surface area contributed by atoms with E-state index in [0.717, 1.165) is 71.3 Å². The monoisotopic (exact) mass is 291 g/mol. The predicted octanol–water partition coefficient (Wildman–Crippen LogP) is 0.367. The highest BCUT2D eigenvalue weighted by Crippen LogP contribution is 2.09. The van der Waals surface area contributed by atoms with Gasteiger partial charge in [0, 0.05) is 70.9 Å². The number of nitrogens with one attached hydrogen (secondary N) is 1. The zero-order valence-electron chi connectivity index (χ0n) is 12.6. The summed E-state index contributed by atoms with van der Waals surface area (Å²) in [5.41, 5.74) is 0. The Morgan fingerprint density at radius 1 is 1.10 bits per heavy atom. The van der Waals surface area contributed by atoms with E-state index < -0.39 is 0 Å². The summed E-state index contributed by atoms with van der Waals surface area (Å²) < 4.78 is 5.38. The molecule has 0 amide bonds. The summed E-state index contributed by atoms with van der Waals surface area (Å²) in [6, 6.07) is 2.51. The van der Waals surface area contributed by atoms with Crippen molar-refractivity contribution in [2.45, 2.75) is 18.9 Å². The van der Waals surface area contributed by atoms with Crippen LogP contribution in [0, 0.1) is 0 Å². The van der Waals surface area contributed by atoms with Gasteiger partial charge in [0.05, 0.1) is 0 Å². The van der Waals surface area contributed by atoms with Gasteiger partial charge in [-0.1, -0.05) is 0 Å². The van der Waals surface area contributed by atoms with Crippen molar-refractivity contribution >= 4 is 5.95 Å². The third-order valence-corrected chi connectivity index (χ3v) is 4.29. The molecule has 2 aliphatic rings. The number of hydrogen-bond acceptors (Lipinski definition) is 6. The number of piperazine rings is 1. The van der Waals surface area contributed by atoms with Crippen molar-refractivity contribution in [3.63, 3.8) is 0 Å². The second-order valence-electron chi connectivity index (χ2n) is 5.72. The number of rotatable bonds is 5. The molecule has 1 aromatic heterocycles. The molecule has 116 valence electrons. The Morgan fingerprint density at radius 2 is 1.81 bits per heavy atom. The van der Waals surface area contributed by atoms with Crippen LogP contribution < -0.4 is 10.2 Å². The van der Waals surface area contributed by atoms with Crippen molar-refractivity contribution in [3.8, 4) is 0 Å². The Bertz CT molecular complexity index is 402. The van der Waals surface area contributed by atoms with Crippen LogP contribution in [0.5, 0.6) is 0 Å². The molecule has 2 fully saturated rings. The largest absolute Gasteiger partial charge is 0.381 e. The Balaban J connectivity index is 1.34. The SMILES string of the molecule is c1cnc(N2CCN(CCNC3CCOCC3)CC2)nc1. The lowest BCUT2D eigenvalue weighted by atomic mass is 10.1. The minimum atomic E-state index is 0.651. The van der Waals surface area contributed by atoms with E-state index in [1.165, 1.54) is 0 Å². The first-order valence-electron chi connectivity index (χ1n) is 7.97. The Labute approximate surface area is 126 Å². The topological polar surface area (TPSA) is 53.5 Å². The molecule has 0 atom stereocenters. The second kappa shape index (κ2) is 7.68.